The van der Waals surface area contributed by atoms with Crippen molar-refractivity contribution in [1.29, 1.82) is 0 Å². The molecule has 0 radical (unpaired) electrons. The van der Waals surface area contributed by atoms with Crippen LogP contribution in [0.5, 0.6) is 0 Å². The molecule has 0 spiro atoms. The van der Waals surface area contributed by atoms with Crippen molar-refractivity contribution < 1.29 is 19.8 Å². The van der Waals surface area contributed by atoms with Crippen LogP contribution in [0.4, 0.5) is 5.69 Å². The molecule has 1 aliphatic heterocycles. The highest BCUT2D eigenvalue weighted by Crippen LogP contribution is 2.31. The van der Waals surface area contributed by atoms with E-state index in [1.807, 2.05) is 18.2 Å². The second kappa shape index (κ2) is 10.7. The molecule has 2 heterocycles. The van der Waals surface area contributed by atoms with Crippen LogP contribution in [0, 0.1) is 0 Å². The van der Waals surface area contributed by atoms with Gasteiger partial charge in [0.05, 0.1) is 18.6 Å². The number of aromatic carboxylic acids is 1. The minimum absolute atomic E-state index is 0.0347. The third kappa shape index (κ3) is 5.70. The molecule has 1 amide bonds. The van der Waals surface area contributed by atoms with E-state index in [9.17, 15) is 14.7 Å². The molecule has 1 saturated heterocycles. The standard InChI is InChI=1S/C24H31NO4S/c1-2-3-4-5-7-17-10-12-18(13-11-17)25-20(21(26)16-23(25)27)9-6-8-19-14-15-22(30-19)24(28)29/h10-15,20-21,26H,2-9,16H2,1H3,(H,28,29)/t20-,21?/m0/s1. The van der Waals surface area contributed by atoms with Crippen molar-refractivity contribution >= 4 is 28.9 Å². The Balaban J connectivity index is 1.58. The lowest BCUT2D eigenvalue weighted by Gasteiger charge is -2.26. The van der Waals surface area contributed by atoms with Gasteiger partial charge in [0.15, 0.2) is 0 Å². The first-order valence-corrected chi connectivity index (χ1v) is 11.7. The largest absolute Gasteiger partial charge is 0.477 e. The van der Waals surface area contributed by atoms with E-state index in [0.29, 0.717) is 11.3 Å². The van der Waals surface area contributed by atoms with E-state index in [1.54, 1.807) is 11.0 Å². The molecule has 1 aliphatic rings. The Hall–Kier alpha value is -2.18. The van der Waals surface area contributed by atoms with Gasteiger partial charge < -0.3 is 15.1 Å². The van der Waals surface area contributed by atoms with Gasteiger partial charge in [0.25, 0.3) is 0 Å². The molecule has 2 aromatic rings. The first-order valence-electron chi connectivity index (χ1n) is 10.9. The van der Waals surface area contributed by atoms with Crippen LogP contribution in [0.15, 0.2) is 36.4 Å². The molecule has 1 unspecified atom stereocenters. The highest BCUT2D eigenvalue weighted by Gasteiger charge is 2.39. The van der Waals surface area contributed by atoms with Gasteiger partial charge in [-0.2, -0.15) is 0 Å². The van der Waals surface area contributed by atoms with Crippen molar-refractivity contribution in [3.05, 3.63) is 51.7 Å². The molecular formula is C24H31NO4S. The van der Waals surface area contributed by atoms with Crippen molar-refractivity contribution in [2.24, 2.45) is 0 Å². The second-order valence-corrected chi connectivity index (χ2v) is 9.21. The number of carbonyl (C=O) groups is 2. The van der Waals surface area contributed by atoms with Crippen LogP contribution in [0.1, 0.15) is 72.0 Å². The molecule has 3 rings (SSSR count). The number of unbranched alkanes of at least 4 members (excludes halogenated alkanes) is 3. The molecule has 0 aliphatic carbocycles. The number of carbonyl (C=O) groups excluding carboxylic acids is 1. The lowest BCUT2D eigenvalue weighted by atomic mass is 10.0. The van der Waals surface area contributed by atoms with E-state index < -0.39 is 12.1 Å². The van der Waals surface area contributed by atoms with Gasteiger partial charge >= 0.3 is 5.97 Å². The first-order chi connectivity index (χ1) is 14.5. The van der Waals surface area contributed by atoms with Crippen LogP contribution in [0.25, 0.3) is 0 Å². The van der Waals surface area contributed by atoms with Crippen LogP contribution >= 0.6 is 11.3 Å². The predicted molar refractivity (Wildman–Crippen MR) is 120 cm³/mol. The lowest BCUT2D eigenvalue weighted by Crippen LogP contribution is -2.37. The van der Waals surface area contributed by atoms with Crippen molar-refractivity contribution in [2.75, 3.05) is 4.90 Å². The average molecular weight is 430 g/mol. The summed E-state index contributed by atoms with van der Waals surface area (Å²) in [5, 5.41) is 19.5. The number of hydrogen-bond acceptors (Lipinski definition) is 4. The third-order valence-corrected chi connectivity index (χ3v) is 6.89. The Kier molecular flexibility index (Phi) is 8.05. The molecule has 1 aromatic heterocycles. The summed E-state index contributed by atoms with van der Waals surface area (Å²) in [6.45, 7) is 2.21. The molecule has 162 valence electrons. The van der Waals surface area contributed by atoms with Gasteiger partial charge in [-0.15, -0.1) is 11.3 Å². The molecule has 2 atom stereocenters. The number of carboxylic acid groups (broad SMARTS) is 1. The number of nitrogens with zero attached hydrogens (tertiary/aromatic N) is 1. The molecule has 1 fully saturated rings. The number of rotatable bonds is 11. The van der Waals surface area contributed by atoms with E-state index in [2.05, 4.69) is 19.1 Å². The third-order valence-electron chi connectivity index (χ3n) is 5.76. The van der Waals surface area contributed by atoms with E-state index in [-0.39, 0.29) is 18.4 Å². The van der Waals surface area contributed by atoms with Gasteiger partial charge in [0.1, 0.15) is 4.88 Å². The molecular weight excluding hydrogens is 398 g/mol. The fourth-order valence-electron chi connectivity index (χ4n) is 4.12. The van der Waals surface area contributed by atoms with E-state index in [1.165, 1.54) is 42.6 Å². The van der Waals surface area contributed by atoms with Crippen molar-refractivity contribution in [3.8, 4) is 0 Å². The Morgan fingerprint density at radius 2 is 1.83 bits per heavy atom. The number of aliphatic hydroxyl groups excluding tert-OH is 1. The monoisotopic (exact) mass is 429 g/mol. The minimum Gasteiger partial charge on any atom is -0.477 e. The van der Waals surface area contributed by atoms with E-state index in [4.69, 9.17) is 5.11 Å². The van der Waals surface area contributed by atoms with Crippen molar-refractivity contribution in [2.45, 2.75) is 76.9 Å². The van der Waals surface area contributed by atoms with Crippen LogP contribution in [0.2, 0.25) is 0 Å². The molecule has 30 heavy (non-hydrogen) atoms. The topological polar surface area (TPSA) is 77.8 Å². The maximum atomic E-state index is 12.5. The molecule has 0 bridgehead atoms. The molecule has 5 nitrogen and oxygen atoms in total. The highest BCUT2D eigenvalue weighted by molar-refractivity contribution is 7.13. The van der Waals surface area contributed by atoms with E-state index >= 15 is 0 Å². The zero-order chi connectivity index (χ0) is 21.5. The average Bonchev–Trinajstić information content (AvgIpc) is 3.31. The van der Waals surface area contributed by atoms with Gasteiger partial charge in [-0.25, -0.2) is 4.79 Å². The number of aliphatic hydroxyl groups is 1. The zero-order valence-corrected chi connectivity index (χ0v) is 18.4. The van der Waals surface area contributed by atoms with Crippen LogP contribution in [-0.4, -0.2) is 34.2 Å². The van der Waals surface area contributed by atoms with Crippen LogP contribution in [-0.2, 0) is 17.6 Å². The van der Waals surface area contributed by atoms with Crippen molar-refractivity contribution in [1.82, 2.24) is 0 Å². The first kappa shape index (κ1) is 22.5. The number of anilines is 1. The number of hydrogen-bond donors (Lipinski definition) is 2. The fraction of sp³-hybridized carbons (Fsp3) is 0.500. The summed E-state index contributed by atoms with van der Waals surface area (Å²) in [6.07, 6.45) is 7.70. The number of thiophene rings is 1. The highest BCUT2D eigenvalue weighted by atomic mass is 32.1. The smallest absolute Gasteiger partial charge is 0.345 e. The Labute approximate surface area is 182 Å². The second-order valence-electron chi connectivity index (χ2n) is 8.04. The van der Waals surface area contributed by atoms with Crippen LogP contribution < -0.4 is 4.90 Å². The Bertz CT molecular complexity index is 845. The lowest BCUT2D eigenvalue weighted by molar-refractivity contribution is -0.117. The minimum atomic E-state index is -0.900. The van der Waals surface area contributed by atoms with Gasteiger partial charge in [-0.1, -0.05) is 38.3 Å². The quantitative estimate of drug-likeness (QED) is 0.490. The number of carboxylic acids is 1. The summed E-state index contributed by atoms with van der Waals surface area (Å²) < 4.78 is 0. The molecule has 1 aromatic carbocycles. The van der Waals surface area contributed by atoms with Crippen molar-refractivity contribution in [3.63, 3.8) is 0 Å². The summed E-state index contributed by atoms with van der Waals surface area (Å²) in [7, 11) is 0. The summed E-state index contributed by atoms with van der Waals surface area (Å²) >= 11 is 1.29. The fourth-order valence-corrected chi connectivity index (χ4v) is 5.01. The summed E-state index contributed by atoms with van der Waals surface area (Å²) in [5.74, 6) is -0.935. The number of aryl methyl sites for hydroxylation is 2. The van der Waals surface area contributed by atoms with Gasteiger partial charge in [-0.05, 0) is 61.9 Å². The zero-order valence-electron chi connectivity index (χ0n) is 17.5. The number of amides is 1. The normalized spacial score (nSPS) is 18.9. The van der Waals surface area contributed by atoms with E-state index in [0.717, 1.165) is 29.8 Å². The van der Waals surface area contributed by atoms with Gasteiger partial charge in [0, 0.05) is 10.6 Å². The van der Waals surface area contributed by atoms with Gasteiger partial charge in [-0.3, -0.25) is 4.79 Å². The SMILES string of the molecule is CCCCCCc1ccc(N2C(=O)CC(O)[C@@H]2CCCc2ccc(C(=O)O)s2)cc1. The maximum Gasteiger partial charge on any atom is 0.345 e. The summed E-state index contributed by atoms with van der Waals surface area (Å²) in [4.78, 5) is 26.7. The number of benzene rings is 1. The molecule has 6 heteroatoms. The summed E-state index contributed by atoms with van der Waals surface area (Å²) in [5.41, 5.74) is 2.13. The Morgan fingerprint density at radius 1 is 1.07 bits per heavy atom. The Morgan fingerprint density at radius 3 is 2.50 bits per heavy atom. The molecule has 0 saturated carbocycles. The van der Waals surface area contributed by atoms with Gasteiger partial charge in [0.2, 0.25) is 5.91 Å². The molecule has 2 N–H and O–H groups in total. The predicted octanol–water partition coefficient (Wildman–Crippen LogP) is 5.06. The maximum absolute atomic E-state index is 12.5. The summed E-state index contributed by atoms with van der Waals surface area (Å²) in [6, 6.07) is 11.4. The van der Waals surface area contributed by atoms with Crippen LogP contribution in [0.3, 0.4) is 0 Å².